The van der Waals surface area contributed by atoms with Crippen LogP contribution >= 0.6 is 0 Å². The topological polar surface area (TPSA) is 3110 Å². The summed E-state index contributed by atoms with van der Waals surface area (Å²) in [4.78, 5) is 78.6. The van der Waals surface area contributed by atoms with E-state index in [0.717, 1.165) is 0 Å². The van der Waals surface area contributed by atoms with Crippen LogP contribution in [0, 0.1) is 0 Å². The van der Waals surface area contributed by atoms with Crippen LogP contribution in [0.4, 0.5) is 0 Å². The van der Waals surface area contributed by atoms with E-state index in [9.17, 15) is 38.4 Å². The Bertz CT molecular complexity index is 653. The van der Waals surface area contributed by atoms with Gasteiger partial charge < -0.3 is 542 Å². The highest BCUT2D eigenvalue weighted by Gasteiger charge is 1.85. The van der Waals surface area contributed by atoms with E-state index in [1.165, 1.54) is 55.4 Å². The fraction of sp³-hybridized carbons (Fsp3) is 0.750. The molecule has 0 aromatic carbocycles. The van der Waals surface area contributed by atoms with Crippen molar-refractivity contribution in [2.45, 2.75) is 111 Å². The van der Waals surface area contributed by atoms with Gasteiger partial charge in [0.15, 0.2) is 0 Å². The zero-order chi connectivity index (χ0) is 39.9. The number of rotatable bonds is 8. The first-order valence-corrected chi connectivity index (χ1v) is 15.2. The number of hydrogen-bond donors (Lipinski definition) is 0. The Labute approximate surface area is 792 Å². The Hall–Kier alpha value is -7.92. The van der Waals surface area contributed by atoms with E-state index in [-0.39, 0.29) is 552 Å². The molecule has 0 saturated carbocycles. The van der Waals surface area contributed by atoms with Crippen molar-refractivity contribution in [1.82, 2.24) is 0 Å². The van der Waals surface area contributed by atoms with Gasteiger partial charge in [0.2, 0.25) is 0 Å². The Kier molecular flexibility index (Phi) is 33900. The summed E-state index contributed by atoms with van der Waals surface area (Å²) in [6, 6.07) is 0. The Balaban J connectivity index is -0.00000000122. The molecule has 0 atom stereocenters. The van der Waals surface area contributed by atoms with Gasteiger partial charge in [-0.3, -0.25) is 38.4 Å². The smallest absolute Gasteiger partial charge is 0.302 e. The molecule has 0 saturated heterocycles. The van der Waals surface area contributed by atoms with Gasteiger partial charge in [-0.1, -0.05) is 0 Å². The van der Waals surface area contributed by atoms with E-state index >= 15 is 0 Å². The van der Waals surface area contributed by atoms with Crippen LogP contribution in [0.2, 0.25) is 0 Å². The monoisotopic (exact) mass is 2360 g/mol. The zero-order valence-electron chi connectivity index (χ0n) is 78.2. The summed E-state index contributed by atoms with van der Waals surface area (Å²) in [5.41, 5.74) is 0. The molecular formula is C32H248O108. The van der Waals surface area contributed by atoms with Gasteiger partial charge in [0.25, 0.3) is 0 Å². The maximum atomic E-state index is 9.82. The van der Waals surface area contributed by atoms with E-state index in [4.69, 9.17) is 0 Å². The molecule has 0 spiro atoms. The molecule has 0 radical (unpaired) electrons. The number of ether oxygens (including phenoxy) is 8. The lowest BCUT2D eigenvalue weighted by molar-refractivity contribution is -0.141. The zero-order valence-corrected chi connectivity index (χ0v) is 78.2. The first kappa shape index (κ1) is 2210. The molecule has 0 amide bonds. The summed E-state index contributed by atoms with van der Waals surface area (Å²) in [7, 11) is 0. The first-order chi connectivity index (χ1) is 22.2. The molecule has 0 aliphatic carbocycles. The second-order valence-corrected chi connectivity index (χ2v) is 7.40. The summed E-state index contributed by atoms with van der Waals surface area (Å²) in [6.45, 7) is 29.2. The highest BCUT2D eigenvalue weighted by atomic mass is 16.6. The van der Waals surface area contributed by atoms with E-state index in [0.29, 0.717) is 52.9 Å². The van der Waals surface area contributed by atoms with Crippen LogP contribution in [-0.2, 0) is 76.3 Å². The summed E-state index contributed by atoms with van der Waals surface area (Å²) in [5.74, 6) is -1.69. The molecule has 140 heavy (non-hydrogen) atoms. The summed E-state index contributed by atoms with van der Waals surface area (Å²) in [6.07, 6.45) is 0. The predicted octanol–water partition coefficient (Wildman–Crippen LogP) is -71.3. The third-order valence-corrected chi connectivity index (χ3v) is 2.78. The van der Waals surface area contributed by atoms with Crippen LogP contribution in [0.3, 0.4) is 0 Å². The lowest BCUT2D eigenvalue weighted by Gasteiger charge is -1.89. The fourth-order valence-electron chi connectivity index (χ4n) is 1.63. The minimum Gasteiger partial charge on any atom is -0.466 e. The first-order valence-electron chi connectivity index (χ1n) is 15.2. The molecule has 0 unspecified atom stereocenters. The molecule has 0 aromatic rings. The van der Waals surface area contributed by atoms with Gasteiger partial charge in [0.1, 0.15) is 0 Å². The van der Waals surface area contributed by atoms with E-state index < -0.39 is 0 Å². The van der Waals surface area contributed by atoms with Crippen molar-refractivity contribution in [3.05, 3.63) is 0 Å². The molecular weight excluding hydrogens is 2110 g/mol. The molecule has 0 bridgehead atoms. The average Bonchev–Trinajstić information content (AvgIpc) is 2.90. The molecule has 108 heteroatoms. The lowest BCUT2D eigenvalue weighted by atomic mass is 10.8. The molecule has 108 nitrogen and oxygen atoms in total. The second-order valence-electron chi connectivity index (χ2n) is 7.40. The normalized spacial score (nSPS) is 2.63. The van der Waals surface area contributed by atoms with Gasteiger partial charge in [0.05, 0.1) is 52.9 Å². The van der Waals surface area contributed by atoms with Gasteiger partial charge in [-0.25, -0.2) is 0 Å². The van der Waals surface area contributed by atoms with Crippen LogP contribution in [0.25, 0.3) is 0 Å². The van der Waals surface area contributed by atoms with Crippen LogP contribution < -0.4 is 0 Å². The number of carbonyl (C=O) groups excluding carboxylic acids is 8. The summed E-state index contributed by atoms with van der Waals surface area (Å²) < 4.78 is 35.2. The van der Waals surface area contributed by atoms with Crippen LogP contribution in [0.15, 0.2) is 0 Å². The number of carbonyl (C=O) groups is 8. The highest BCUT2D eigenvalue weighted by Crippen LogP contribution is 1.73. The molecule has 0 rings (SSSR count). The number of hydrogen-bond acceptors (Lipinski definition) is 16. The van der Waals surface area contributed by atoms with Gasteiger partial charge >= 0.3 is 47.8 Å². The fourth-order valence-corrected chi connectivity index (χ4v) is 1.63. The van der Waals surface area contributed by atoms with Crippen molar-refractivity contribution >= 4 is 47.8 Å². The largest absolute Gasteiger partial charge is 0.466 e. The van der Waals surface area contributed by atoms with Crippen LogP contribution in [0.5, 0.6) is 0 Å². The van der Waals surface area contributed by atoms with E-state index in [1.54, 1.807) is 55.4 Å². The maximum Gasteiger partial charge on any atom is 0.302 e. The SMILES string of the molecule is CCOC(C)=O.CCOC(C)=O.CCOC(C)=O.CCOC(C)=O.CCOC(C)=O.CCOC(C)=O.CCOC(C)=O.CCOC(C)=O.O.O.O.O.O.O.O.O.O.O.O.O.O.O.O.O.O.O.O.O.O.O.O.O.O.O.O.O.O.O.O.O.O.O.O.O.O.O.O.O.O.O.O.O.O.O.O.O.O.O.O.O.O.O.O.O.O.O.O.O.O.O.O.O.O.O.O.O.O.O.O.O.O.O.O.O.O.O.O.O.O.O.O.O.O.O.O.O.O.O.O.O. The van der Waals surface area contributed by atoms with Gasteiger partial charge in [-0.15, -0.1) is 0 Å². The molecule has 0 fully saturated rings. The quantitative estimate of drug-likeness (QED) is 0.161. The molecule has 1024 valence electrons. The molecule has 0 aliphatic rings. The lowest BCUT2D eigenvalue weighted by Crippen LogP contribution is -1.95. The Morgan fingerprint density at radius 2 is 0.107 bits per heavy atom. The van der Waals surface area contributed by atoms with Crippen molar-refractivity contribution in [3.63, 3.8) is 0 Å². The Morgan fingerprint density at radius 1 is 0.0857 bits per heavy atom. The molecule has 0 aromatic heterocycles. The van der Waals surface area contributed by atoms with Crippen molar-refractivity contribution in [3.8, 4) is 0 Å². The predicted molar refractivity (Wildman–Crippen MR) is 511 cm³/mol. The van der Waals surface area contributed by atoms with Crippen molar-refractivity contribution in [2.75, 3.05) is 52.9 Å². The van der Waals surface area contributed by atoms with Gasteiger partial charge in [0, 0.05) is 55.4 Å². The number of esters is 8. The third-order valence-electron chi connectivity index (χ3n) is 2.78. The van der Waals surface area contributed by atoms with Crippen molar-refractivity contribution < 1.29 is 580 Å². The summed E-state index contributed by atoms with van der Waals surface area (Å²) >= 11 is 0. The van der Waals surface area contributed by atoms with Crippen LogP contribution in [-0.4, -0.2) is 604 Å². The summed E-state index contributed by atoms with van der Waals surface area (Å²) in [5, 5.41) is 0. The molecule has 0 aliphatic heterocycles. The van der Waals surface area contributed by atoms with E-state index in [2.05, 4.69) is 37.9 Å². The standard InChI is InChI=1S/8C4H8O2.92H2O/c8*1-3-6-4(2)5;;;;;;;;;;;;;;;;;;;;;;;;;;;;;;;;;;;;;;;;;;;;;;;;;;;;;;;;;;;;;;;;;;;;;;;;;;;;;;;;;;;;;;;;;;;;/h8*3H2,1-2H3;92*1H2. The highest BCUT2D eigenvalue weighted by molar-refractivity contribution is 5.67. The van der Waals surface area contributed by atoms with Gasteiger partial charge in [-0.05, 0) is 55.4 Å². The van der Waals surface area contributed by atoms with E-state index in [1.807, 2.05) is 0 Å². The average molecular weight is 2360 g/mol. The van der Waals surface area contributed by atoms with Crippen molar-refractivity contribution in [2.24, 2.45) is 0 Å². The maximum absolute atomic E-state index is 9.82. The van der Waals surface area contributed by atoms with Gasteiger partial charge in [-0.2, -0.15) is 0 Å². The second kappa shape index (κ2) is 2160. The Morgan fingerprint density at radius 3 is 0.107 bits per heavy atom. The third kappa shape index (κ3) is 8380. The molecule has 0 heterocycles. The van der Waals surface area contributed by atoms with Crippen LogP contribution in [0.1, 0.15) is 111 Å². The molecule has 184 N–H and O–H groups in total. The minimum atomic E-state index is -0.211. The minimum absolute atomic E-state index is 0. The van der Waals surface area contributed by atoms with Crippen molar-refractivity contribution in [1.29, 1.82) is 0 Å².